The van der Waals surface area contributed by atoms with Gasteiger partial charge in [-0.2, -0.15) is 0 Å². The van der Waals surface area contributed by atoms with Crippen molar-refractivity contribution in [1.29, 1.82) is 0 Å². The fourth-order valence-electron chi connectivity index (χ4n) is 4.20. The summed E-state index contributed by atoms with van der Waals surface area (Å²) in [6.07, 6.45) is 5.45. The number of aliphatic hydroxyl groups is 1. The molecular weight excluding hydrogens is 312 g/mol. The Labute approximate surface area is 156 Å². The molecule has 1 aliphatic carbocycles. The van der Waals surface area contributed by atoms with E-state index >= 15 is 0 Å². The lowest BCUT2D eigenvalue weighted by molar-refractivity contribution is -0.205. The molecule has 1 N–H and O–H groups in total. The SMILES string of the molecule is CC(C)(C)CC(C1CCCCC1OCC(O)OC(C)(C)C)C(C)(C)C. The highest BCUT2D eigenvalue weighted by Gasteiger charge is 2.40. The minimum Gasteiger partial charge on any atom is -0.373 e. The molecule has 0 heterocycles. The van der Waals surface area contributed by atoms with E-state index in [4.69, 9.17) is 9.47 Å². The number of aliphatic hydroxyl groups excluding tert-OH is 1. The van der Waals surface area contributed by atoms with E-state index in [2.05, 4.69) is 41.5 Å². The Bertz CT molecular complexity index is 384. The average Bonchev–Trinajstić information content (AvgIpc) is 2.39. The second-order valence-corrected chi connectivity index (χ2v) is 11.2. The molecular formula is C22H44O3. The second kappa shape index (κ2) is 8.71. The summed E-state index contributed by atoms with van der Waals surface area (Å²) in [6, 6.07) is 0. The Morgan fingerprint density at radius 1 is 0.920 bits per heavy atom. The minimum absolute atomic E-state index is 0.235. The predicted octanol–water partition coefficient (Wildman–Crippen LogP) is 5.79. The van der Waals surface area contributed by atoms with Crippen LogP contribution in [0.2, 0.25) is 0 Å². The van der Waals surface area contributed by atoms with Crippen molar-refractivity contribution in [3.63, 3.8) is 0 Å². The quantitative estimate of drug-likeness (QED) is 0.612. The molecule has 0 spiro atoms. The van der Waals surface area contributed by atoms with Gasteiger partial charge >= 0.3 is 0 Å². The average molecular weight is 357 g/mol. The Kier molecular flexibility index (Phi) is 7.99. The summed E-state index contributed by atoms with van der Waals surface area (Å²) in [4.78, 5) is 0. The van der Waals surface area contributed by atoms with Crippen LogP contribution in [-0.2, 0) is 9.47 Å². The van der Waals surface area contributed by atoms with Crippen molar-refractivity contribution in [2.24, 2.45) is 22.7 Å². The van der Waals surface area contributed by atoms with E-state index in [-0.39, 0.29) is 23.7 Å². The van der Waals surface area contributed by atoms with E-state index in [0.717, 1.165) is 6.42 Å². The number of ether oxygens (including phenoxy) is 2. The van der Waals surface area contributed by atoms with Gasteiger partial charge in [-0.15, -0.1) is 0 Å². The molecule has 0 amide bonds. The lowest BCUT2D eigenvalue weighted by Gasteiger charge is -2.45. The molecule has 150 valence electrons. The highest BCUT2D eigenvalue weighted by molar-refractivity contribution is 4.90. The topological polar surface area (TPSA) is 38.7 Å². The molecule has 4 unspecified atom stereocenters. The van der Waals surface area contributed by atoms with Crippen molar-refractivity contribution in [1.82, 2.24) is 0 Å². The van der Waals surface area contributed by atoms with Gasteiger partial charge in [-0.3, -0.25) is 0 Å². The van der Waals surface area contributed by atoms with Crippen LogP contribution in [-0.4, -0.2) is 29.7 Å². The molecule has 0 aliphatic heterocycles. The van der Waals surface area contributed by atoms with E-state index in [1.54, 1.807) is 0 Å². The van der Waals surface area contributed by atoms with Crippen LogP contribution in [0.15, 0.2) is 0 Å². The van der Waals surface area contributed by atoms with Gasteiger partial charge in [-0.25, -0.2) is 0 Å². The highest BCUT2D eigenvalue weighted by Crippen LogP contribution is 2.46. The lowest BCUT2D eigenvalue weighted by Crippen LogP contribution is -2.42. The van der Waals surface area contributed by atoms with Crippen LogP contribution in [0, 0.1) is 22.7 Å². The molecule has 0 aromatic carbocycles. The molecule has 1 saturated carbocycles. The zero-order chi connectivity index (χ0) is 19.5. The third-order valence-electron chi connectivity index (χ3n) is 5.16. The van der Waals surface area contributed by atoms with E-state index in [1.165, 1.54) is 25.7 Å². The maximum atomic E-state index is 10.1. The standard InChI is InChI=1S/C22H44O3/c1-20(2,3)14-17(21(4,5)6)16-12-10-11-13-18(16)24-15-19(23)25-22(7,8)9/h16-19,23H,10-15H2,1-9H3. The van der Waals surface area contributed by atoms with Crippen molar-refractivity contribution in [3.05, 3.63) is 0 Å². The van der Waals surface area contributed by atoms with Gasteiger partial charge in [0, 0.05) is 0 Å². The molecule has 1 rings (SSSR count). The Hall–Kier alpha value is -0.120. The predicted molar refractivity (Wildman–Crippen MR) is 106 cm³/mol. The molecule has 0 radical (unpaired) electrons. The van der Waals surface area contributed by atoms with Crippen LogP contribution in [0.4, 0.5) is 0 Å². The summed E-state index contributed by atoms with van der Waals surface area (Å²) in [5, 5.41) is 10.1. The van der Waals surface area contributed by atoms with Crippen LogP contribution in [0.5, 0.6) is 0 Å². The van der Waals surface area contributed by atoms with Crippen LogP contribution < -0.4 is 0 Å². The Balaban J connectivity index is 2.79. The van der Waals surface area contributed by atoms with Crippen LogP contribution >= 0.6 is 0 Å². The van der Waals surface area contributed by atoms with Crippen molar-refractivity contribution in [2.75, 3.05) is 6.61 Å². The molecule has 1 fully saturated rings. The van der Waals surface area contributed by atoms with E-state index in [0.29, 0.717) is 17.3 Å². The molecule has 0 bridgehead atoms. The zero-order valence-corrected chi connectivity index (χ0v) is 18.3. The fraction of sp³-hybridized carbons (Fsp3) is 1.00. The third kappa shape index (κ3) is 8.88. The summed E-state index contributed by atoms with van der Waals surface area (Å²) in [7, 11) is 0. The molecule has 25 heavy (non-hydrogen) atoms. The summed E-state index contributed by atoms with van der Waals surface area (Å²) in [5.41, 5.74) is 0.223. The van der Waals surface area contributed by atoms with Gasteiger partial charge in [0.25, 0.3) is 0 Å². The minimum atomic E-state index is -0.849. The zero-order valence-electron chi connectivity index (χ0n) is 18.3. The van der Waals surface area contributed by atoms with E-state index < -0.39 is 6.29 Å². The maximum absolute atomic E-state index is 10.1. The first kappa shape index (κ1) is 22.9. The molecule has 3 nitrogen and oxygen atoms in total. The number of rotatable bonds is 6. The normalized spacial score (nSPS) is 25.7. The van der Waals surface area contributed by atoms with Crippen molar-refractivity contribution < 1.29 is 14.6 Å². The summed E-state index contributed by atoms with van der Waals surface area (Å²) in [5.74, 6) is 1.19. The number of hydrogen-bond donors (Lipinski definition) is 1. The van der Waals surface area contributed by atoms with Gasteiger partial charge in [0.1, 0.15) is 0 Å². The largest absolute Gasteiger partial charge is 0.373 e. The van der Waals surface area contributed by atoms with Gasteiger partial charge in [-0.1, -0.05) is 54.4 Å². The molecule has 0 saturated heterocycles. The summed E-state index contributed by atoms with van der Waals surface area (Å²) >= 11 is 0. The molecule has 1 aliphatic rings. The van der Waals surface area contributed by atoms with Crippen LogP contribution in [0.3, 0.4) is 0 Å². The lowest BCUT2D eigenvalue weighted by atomic mass is 9.62. The summed E-state index contributed by atoms with van der Waals surface area (Å²) < 4.78 is 11.8. The van der Waals surface area contributed by atoms with Crippen molar-refractivity contribution in [2.45, 2.75) is 112 Å². The van der Waals surface area contributed by atoms with Crippen molar-refractivity contribution in [3.8, 4) is 0 Å². The first-order valence-electron chi connectivity index (χ1n) is 10.2. The monoisotopic (exact) mass is 356 g/mol. The first-order chi connectivity index (χ1) is 11.2. The molecule has 0 aromatic rings. The van der Waals surface area contributed by atoms with Gasteiger partial charge in [0.05, 0.1) is 18.3 Å². The smallest absolute Gasteiger partial charge is 0.178 e. The van der Waals surface area contributed by atoms with Crippen LogP contribution in [0.25, 0.3) is 0 Å². The first-order valence-corrected chi connectivity index (χ1v) is 10.2. The Morgan fingerprint density at radius 3 is 1.96 bits per heavy atom. The van der Waals surface area contributed by atoms with Gasteiger partial charge < -0.3 is 14.6 Å². The van der Waals surface area contributed by atoms with Gasteiger partial charge in [-0.05, 0) is 62.7 Å². The molecule has 3 heteroatoms. The van der Waals surface area contributed by atoms with Gasteiger partial charge in [0.2, 0.25) is 0 Å². The fourth-order valence-corrected chi connectivity index (χ4v) is 4.20. The number of hydrogen-bond acceptors (Lipinski definition) is 3. The Morgan fingerprint density at radius 2 is 1.48 bits per heavy atom. The molecule has 0 aromatic heterocycles. The third-order valence-corrected chi connectivity index (χ3v) is 5.16. The maximum Gasteiger partial charge on any atom is 0.178 e. The highest BCUT2D eigenvalue weighted by atomic mass is 16.6. The summed E-state index contributed by atoms with van der Waals surface area (Å²) in [6.45, 7) is 20.3. The second-order valence-electron chi connectivity index (χ2n) is 11.2. The van der Waals surface area contributed by atoms with Gasteiger partial charge in [0.15, 0.2) is 6.29 Å². The van der Waals surface area contributed by atoms with Crippen LogP contribution in [0.1, 0.15) is 94.4 Å². The van der Waals surface area contributed by atoms with E-state index in [9.17, 15) is 5.11 Å². The molecule has 4 atom stereocenters. The van der Waals surface area contributed by atoms with E-state index in [1.807, 2.05) is 20.8 Å². The van der Waals surface area contributed by atoms with Crippen molar-refractivity contribution >= 4 is 0 Å².